The molecule has 0 aliphatic rings. The number of rotatable bonds is 45. The normalized spacial score (nSPS) is 12.6. The van der Waals surface area contributed by atoms with Gasteiger partial charge in [0.1, 0.15) is 13.2 Å². The lowest BCUT2D eigenvalue weighted by molar-refractivity contribution is -0.167. The van der Waals surface area contributed by atoms with Crippen LogP contribution in [0.25, 0.3) is 0 Å². The van der Waals surface area contributed by atoms with Gasteiger partial charge in [0.25, 0.3) is 0 Å². The van der Waals surface area contributed by atoms with Crippen molar-refractivity contribution in [2.24, 2.45) is 17.8 Å². The molecule has 6 nitrogen and oxygen atoms in total. The minimum absolute atomic E-state index is 0.0653. The van der Waals surface area contributed by atoms with Gasteiger partial charge in [0, 0.05) is 19.3 Å². The standard InChI is InChI=1S/C52H100O6/c1-7-48(6)40-34-28-24-25-30-36-42-51(54)57-45-49(58-52(55)43-37-31-23-19-15-11-13-17-21-27-33-39-47(4)5)44-56-50(53)41-35-29-22-18-14-10-8-9-12-16-20-26-32-38-46(2)3/h46-49H,7-45H2,1-6H3/t48?,49-/m1/s1. The Morgan fingerprint density at radius 2 is 0.603 bits per heavy atom. The quantitative estimate of drug-likeness (QED) is 0.0346. The molecule has 0 radical (unpaired) electrons. The van der Waals surface area contributed by atoms with Crippen molar-refractivity contribution in [1.82, 2.24) is 0 Å². The summed E-state index contributed by atoms with van der Waals surface area (Å²) < 4.78 is 16.8. The molecule has 0 aliphatic heterocycles. The van der Waals surface area contributed by atoms with Crippen LogP contribution in [-0.2, 0) is 28.6 Å². The fourth-order valence-electron chi connectivity index (χ4n) is 7.73. The molecule has 0 heterocycles. The molecule has 0 saturated heterocycles. The molecule has 0 N–H and O–H groups in total. The summed E-state index contributed by atoms with van der Waals surface area (Å²) in [6.45, 7) is 13.7. The number of unbranched alkanes of at least 4 members (excludes halogenated alkanes) is 27. The molecule has 0 amide bonds. The maximum Gasteiger partial charge on any atom is 0.306 e. The number of carbonyl (C=O) groups excluding carboxylic acids is 3. The zero-order chi connectivity index (χ0) is 42.7. The molecular weight excluding hydrogens is 721 g/mol. The molecule has 0 fully saturated rings. The van der Waals surface area contributed by atoms with E-state index in [1.165, 1.54) is 161 Å². The van der Waals surface area contributed by atoms with Gasteiger partial charge in [-0.05, 0) is 37.0 Å². The topological polar surface area (TPSA) is 78.9 Å². The number of hydrogen-bond donors (Lipinski definition) is 0. The smallest absolute Gasteiger partial charge is 0.306 e. The molecule has 0 aromatic rings. The molecule has 0 bridgehead atoms. The van der Waals surface area contributed by atoms with Gasteiger partial charge in [-0.15, -0.1) is 0 Å². The van der Waals surface area contributed by atoms with Crippen LogP contribution in [0.3, 0.4) is 0 Å². The Bertz CT molecular complexity index is 900. The molecular formula is C52H100O6. The molecule has 0 aliphatic carbocycles. The van der Waals surface area contributed by atoms with Crippen molar-refractivity contribution in [2.45, 2.75) is 285 Å². The van der Waals surface area contributed by atoms with Crippen molar-refractivity contribution in [1.29, 1.82) is 0 Å². The predicted octanol–water partition coefficient (Wildman–Crippen LogP) is 16.4. The highest BCUT2D eigenvalue weighted by Crippen LogP contribution is 2.18. The number of carbonyl (C=O) groups is 3. The molecule has 0 aromatic heterocycles. The first-order chi connectivity index (χ1) is 28.1. The molecule has 0 rings (SSSR count). The molecule has 1 unspecified atom stereocenters. The third kappa shape index (κ3) is 44.0. The minimum Gasteiger partial charge on any atom is -0.462 e. The van der Waals surface area contributed by atoms with Crippen LogP contribution in [0, 0.1) is 17.8 Å². The van der Waals surface area contributed by atoms with Gasteiger partial charge in [0.2, 0.25) is 0 Å². The Hall–Kier alpha value is -1.59. The summed E-state index contributed by atoms with van der Waals surface area (Å²) in [5.74, 6) is 1.62. The molecule has 2 atom stereocenters. The van der Waals surface area contributed by atoms with E-state index >= 15 is 0 Å². The van der Waals surface area contributed by atoms with Gasteiger partial charge in [-0.25, -0.2) is 0 Å². The zero-order valence-corrected chi connectivity index (χ0v) is 39.8. The van der Waals surface area contributed by atoms with E-state index < -0.39 is 6.10 Å². The van der Waals surface area contributed by atoms with Crippen LogP contribution < -0.4 is 0 Å². The predicted molar refractivity (Wildman–Crippen MR) is 247 cm³/mol. The van der Waals surface area contributed by atoms with Crippen LogP contribution in [0.15, 0.2) is 0 Å². The average molecular weight is 821 g/mol. The Balaban J connectivity index is 4.30. The van der Waals surface area contributed by atoms with Gasteiger partial charge in [0.15, 0.2) is 6.10 Å². The van der Waals surface area contributed by atoms with Crippen molar-refractivity contribution in [2.75, 3.05) is 13.2 Å². The van der Waals surface area contributed by atoms with Crippen molar-refractivity contribution in [3.8, 4) is 0 Å². The lowest BCUT2D eigenvalue weighted by Crippen LogP contribution is -2.30. The van der Waals surface area contributed by atoms with Gasteiger partial charge in [0.05, 0.1) is 0 Å². The summed E-state index contributed by atoms with van der Waals surface area (Å²) in [6.07, 6.45) is 42.3. The van der Waals surface area contributed by atoms with Crippen LogP contribution in [0.4, 0.5) is 0 Å². The van der Waals surface area contributed by atoms with Crippen molar-refractivity contribution in [3.63, 3.8) is 0 Å². The molecule has 0 saturated carbocycles. The first-order valence-electron chi connectivity index (χ1n) is 25.6. The van der Waals surface area contributed by atoms with Crippen LogP contribution in [0.2, 0.25) is 0 Å². The Morgan fingerprint density at radius 1 is 0.345 bits per heavy atom. The largest absolute Gasteiger partial charge is 0.462 e. The number of hydrogen-bond acceptors (Lipinski definition) is 6. The van der Waals surface area contributed by atoms with Crippen LogP contribution in [0.1, 0.15) is 279 Å². The van der Waals surface area contributed by atoms with Gasteiger partial charge < -0.3 is 14.2 Å². The van der Waals surface area contributed by atoms with Crippen molar-refractivity contribution < 1.29 is 28.6 Å². The maximum absolute atomic E-state index is 12.8. The fourth-order valence-corrected chi connectivity index (χ4v) is 7.73. The second kappa shape index (κ2) is 43.5. The van der Waals surface area contributed by atoms with E-state index in [0.29, 0.717) is 19.3 Å². The monoisotopic (exact) mass is 821 g/mol. The first-order valence-corrected chi connectivity index (χ1v) is 25.6. The minimum atomic E-state index is -0.763. The van der Waals surface area contributed by atoms with E-state index in [4.69, 9.17) is 14.2 Å². The van der Waals surface area contributed by atoms with Crippen LogP contribution in [0.5, 0.6) is 0 Å². The fraction of sp³-hybridized carbons (Fsp3) is 0.942. The second-order valence-electron chi connectivity index (χ2n) is 19.0. The molecule has 0 aromatic carbocycles. The van der Waals surface area contributed by atoms with Crippen LogP contribution in [-0.4, -0.2) is 37.2 Å². The lowest BCUT2D eigenvalue weighted by Gasteiger charge is -2.18. The first kappa shape index (κ1) is 56.4. The van der Waals surface area contributed by atoms with E-state index in [1.54, 1.807) is 0 Å². The summed E-state index contributed by atoms with van der Waals surface area (Å²) in [6, 6.07) is 0. The molecule has 58 heavy (non-hydrogen) atoms. The summed E-state index contributed by atoms with van der Waals surface area (Å²) in [5, 5.41) is 0. The van der Waals surface area contributed by atoms with Crippen molar-refractivity contribution in [3.05, 3.63) is 0 Å². The van der Waals surface area contributed by atoms with Gasteiger partial charge in [-0.2, -0.15) is 0 Å². The second-order valence-corrected chi connectivity index (χ2v) is 19.0. The van der Waals surface area contributed by atoms with E-state index in [-0.39, 0.29) is 31.1 Å². The summed E-state index contributed by atoms with van der Waals surface area (Å²) in [4.78, 5) is 37.9. The maximum atomic E-state index is 12.8. The third-order valence-electron chi connectivity index (χ3n) is 12.0. The molecule has 344 valence electrons. The van der Waals surface area contributed by atoms with E-state index in [1.807, 2.05) is 0 Å². The summed E-state index contributed by atoms with van der Waals surface area (Å²) in [7, 11) is 0. The van der Waals surface area contributed by atoms with E-state index in [2.05, 4.69) is 41.5 Å². The summed E-state index contributed by atoms with van der Waals surface area (Å²) >= 11 is 0. The van der Waals surface area contributed by atoms with Gasteiger partial charge >= 0.3 is 17.9 Å². The highest BCUT2D eigenvalue weighted by atomic mass is 16.6. The lowest BCUT2D eigenvalue weighted by atomic mass is 10.00. The number of ether oxygens (including phenoxy) is 3. The molecule has 6 heteroatoms. The van der Waals surface area contributed by atoms with Gasteiger partial charge in [-0.1, -0.05) is 241 Å². The average Bonchev–Trinajstić information content (AvgIpc) is 3.19. The highest BCUT2D eigenvalue weighted by molar-refractivity contribution is 5.71. The number of esters is 3. The molecule has 0 spiro atoms. The SMILES string of the molecule is CCC(C)CCCCCCCCC(=O)OC[C@@H](COC(=O)CCCCCCCCCCCCCCCC(C)C)OC(=O)CCCCCCCCCCCCCC(C)C. The van der Waals surface area contributed by atoms with Gasteiger partial charge in [-0.3, -0.25) is 14.4 Å². The van der Waals surface area contributed by atoms with Crippen LogP contribution >= 0.6 is 0 Å². The van der Waals surface area contributed by atoms with E-state index in [0.717, 1.165) is 75.5 Å². The van der Waals surface area contributed by atoms with Crippen molar-refractivity contribution >= 4 is 17.9 Å². The third-order valence-corrected chi connectivity index (χ3v) is 12.0. The Kier molecular flexibility index (Phi) is 42.3. The Labute approximate surface area is 361 Å². The Morgan fingerprint density at radius 3 is 0.897 bits per heavy atom. The highest BCUT2D eigenvalue weighted by Gasteiger charge is 2.19. The summed E-state index contributed by atoms with van der Waals surface area (Å²) in [5.41, 5.74) is 0. The van der Waals surface area contributed by atoms with E-state index in [9.17, 15) is 14.4 Å². The zero-order valence-electron chi connectivity index (χ0n) is 39.8.